The molecule has 5 heteroatoms. The molecule has 1 fully saturated rings. The number of imidazole rings is 1. The smallest absolute Gasteiger partial charge is 0.203 e. The number of nitrogens with zero attached hydrogens (tertiary/aromatic N) is 4. The Labute approximate surface area is 126 Å². The molecule has 1 N–H and O–H groups in total. The van der Waals surface area contributed by atoms with Gasteiger partial charge in [0, 0.05) is 37.2 Å². The maximum atomic E-state index is 4.52. The molecule has 5 nitrogen and oxygen atoms in total. The van der Waals surface area contributed by atoms with E-state index in [2.05, 4.69) is 39.3 Å². The fraction of sp³-hybridized carbons (Fsp3) is 0.625. The summed E-state index contributed by atoms with van der Waals surface area (Å²) in [6.45, 7) is 2.99. The zero-order valence-corrected chi connectivity index (χ0v) is 13.0. The quantitative estimate of drug-likeness (QED) is 0.919. The molecule has 0 spiro atoms. The van der Waals surface area contributed by atoms with E-state index < -0.39 is 0 Å². The average molecular weight is 287 g/mol. The topological polar surface area (TPSA) is 47.7 Å². The van der Waals surface area contributed by atoms with Gasteiger partial charge in [0.1, 0.15) is 0 Å². The normalized spacial score (nSPS) is 16.3. The highest BCUT2D eigenvalue weighted by atomic mass is 15.3. The Balaban J connectivity index is 1.72. The largest absolute Gasteiger partial charge is 0.353 e. The zero-order valence-electron chi connectivity index (χ0n) is 13.0. The molecule has 0 unspecified atom stereocenters. The van der Waals surface area contributed by atoms with Crippen LogP contribution in [0.15, 0.2) is 18.6 Å². The molecule has 0 aliphatic heterocycles. The first-order chi connectivity index (χ1) is 10.3. The van der Waals surface area contributed by atoms with Crippen molar-refractivity contribution in [3.63, 3.8) is 0 Å². The molecule has 1 saturated carbocycles. The number of rotatable bonds is 5. The van der Waals surface area contributed by atoms with Crippen molar-refractivity contribution in [1.82, 2.24) is 19.3 Å². The van der Waals surface area contributed by atoms with Crippen molar-refractivity contribution in [1.29, 1.82) is 0 Å². The lowest BCUT2D eigenvalue weighted by molar-refractivity contribution is 0.459. The standard InChI is InChI=1S/C16H25N5/c1-3-15-13(11-20(2)19-15)12-21-10-9-17-16(21)18-14-7-5-4-6-8-14/h9-11,14H,3-8,12H2,1-2H3,(H,17,18). The van der Waals surface area contributed by atoms with Crippen LogP contribution in [0.25, 0.3) is 0 Å². The van der Waals surface area contributed by atoms with Crippen LogP contribution >= 0.6 is 0 Å². The van der Waals surface area contributed by atoms with Gasteiger partial charge in [-0.25, -0.2) is 4.98 Å². The van der Waals surface area contributed by atoms with Crippen LogP contribution in [0.4, 0.5) is 5.95 Å². The van der Waals surface area contributed by atoms with E-state index in [9.17, 15) is 0 Å². The second-order valence-corrected chi connectivity index (χ2v) is 5.99. The molecule has 2 heterocycles. The Morgan fingerprint density at radius 1 is 1.29 bits per heavy atom. The fourth-order valence-corrected chi connectivity index (χ4v) is 3.20. The Hall–Kier alpha value is -1.78. The van der Waals surface area contributed by atoms with Gasteiger partial charge in [0.25, 0.3) is 0 Å². The van der Waals surface area contributed by atoms with Crippen molar-refractivity contribution in [2.24, 2.45) is 7.05 Å². The second kappa shape index (κ2) is 6.33. The van der Waals surface area contributed by atoms with E-state index in [0.29, 0.717) is 6.04 Å². The fourth-order valence-electron chi connectivity index (χ4n) is 3.20. The summed E-state index contributed by atoms with van der Waals surface area (Å²) in [7, 11) is 1.98. The monoisotopic (exact) mass is 287 g/mol. The lowest BCUT2D eigenvalue weighted by atomic mass is 9.96. The van der Waals surface area contributed by atoms with Crippen molar-refractivity contribution in [3.8, 4) is 0 Å². The van der Waals surface area contributed by atoms with Gasteiger partial charge >= 0.3 is 0 Å². The van der Waals surface area contributed by atoms with Crippen LogP contribution in [0.5, 0.6) is 0 Å². The molecule has 0 radical (unpaired) electrons. The van der Waals surface area contributed by atoms with Gasteiger partial charge in [0.2, 0.25) is 5.95 Å². The highest BCUT2D eigenvalue weighted by Crippen LogP contribution is 2.21. The predicted molar refractivity (Wildman–Crippen MR) is 84.4 cm³/mol. The average Bonchev–Trinajstić information content (AvgIpc) is 3.07. The van der Waals surface area contributed by atoms with Gasteiger partial charge in [-0.1, -0.05) is 26.2 Å². The zero-order chi connectivity index (χ0) is 14.7. The number of hydrogen-bond donors (Lipinski definition) is 1. The minimum atomic E-state index is 0.583. The summed E-state index contributed by atoms with van der Waals surface area (Å²) in [5.41, 5.74) is 2.46. The van der Waals surface area contributed by atoms with E-state index in [1.165, 1.54) is 43.4 Å². The molecule has 0 bridgehead atoms. The number of aromatic nitrogens is 4. The lowest BCUT2D eigenvalue weighted by Gasteiger charge is -2.23. The molecular weight excluding hydrogens is 262 g/mol. The SMILES string of the molecule is CCc1nn(C)cc1Cn1ccnc1NC1CCCCC1. The van der Waals surface area contributed by atoms with Crippen LogP contribution in [-0.4, -0.2) is 25.4 Å². The first kappa shape index (κ1) is 14.2. The summed E-state index contributed by atoms with van der Waals surface area (Å²) in [5, 5.41) is 8.14. The maximum absolute atomic E-state index is 4.52. The van der Waals surface area contributed by atoms with E-state index in [1.807, 2.05) is 17.9 Å². The van der Waals surface area contributed by atoms with Crippen molar-refractivity contribution < 1.29 is 0 Å². The first-order valence-electron chi connectivity index (χ1n) is 8.05. The summed E-state index contributed by atoms with van der Waals surface area (Å²) in [6, 6.07) is 0.583. The Bertz CT molecular complexity index is 577. The van der Waals surface area contributed by atoms with Gasteiger partial charge in [-0.3, -0.25) is 4.68 Å². The number of aryl methyl sites for hydroxylation is 2. The minimum absolute atomic E-state index is 0.583. The highest BCUT2D eigenvalue weighted by Gasteiger charge is 2.16. The van der Waals surface area contributed by atoms with E-state index in [-0.39, 0.29) is 0 Å². The summed E-state index contributed by atoms with van der Waals surface area (Å²) in [4.78, 5) is 4.49. The van der Waals surface area contributed by atoms with Gasteiger partial charge in [-0.05, 0) is 19.3 Å². The van der Waals surface area contributed by atoms with Crippen molar-refractivity contribution in [3.05, 3.63) is 29.8 Å². The predicted octanol–water partition coefficient (Wildman–Crippen LogP) is 2.97. The maximum Gasteiger partial charge on any atom is 0.203 e. The third kappa shape index (κ3) is 3.28. The van der Waals surface area contributed by atoms with Gasteiger partial charge < -0.3 is 9.88 Å². The molecule has 1 aliphatic carbocycles. The van der Waals surface area contributed by atoms with Gasteiger partial charge in [-0.2, -0.15) is 5.10 Å². The van der Waals surface area contributed by atoms with Crippen molar-refractivity contribution in [2.45, 2.75) is 58.0 Å². The molecule has 3 rings (SSSR count). The number of hydrogen-bond acceptors (Lipinski definition) is 3. The lowest BCUT2D eigenvalue weighted by Crippen LogP contribution is -2.24. The minimum Gasteiger partial charge on any atom is -0.353 e. The molecule has 2 aromatic heterocycles. The first-order valence-corrected chi connectivity index (χ1v) is 8.05. The second-order valence-electron chi connectivity index (χ2n) is 5.99. The van der Waals surface area contributed by atoms with Gasteiger partial charge in [0.05, 0.1) is 12.2 Å². The molecule has 0 atom stereocenters. The highest BCUT2D eigenvalue weighted by molar-refractivity contribution is 5.30. The van der Waals surface area contributed by atoms with E-state index >= 15 is 0 Å². The van der Waals surface area contributed by atoms with Gasteiger partial charge in [0.15, 0.2) is 0 Å². The van der Waals surface area contributed by atoms with Crippen molar-refractivity contribution in [2.75, 3.05) is 5.32 Å². The summed E-state index contributed by atoms with van der Waals surface area (Å²) in [6.07, 6.45) is 13.6. The van der Waals surface area contributed by atoms with Crippen molar-refractivity contribution >= 4 is 5.95 Å². The molecule has 2 aromatic rings. The third-order valence-electron chi connectivity index (χ3n) is 4.32. The van der Waals surface area contributed by atoms with Crippen LogP contribution < -0.4 is 5.32 Å². The summed E-state index contributed by atoms with van der Waals surface area (Å²) < 4.78 is 4.10. The summed E-state index contributed by atoms with van der Waals surface area (Å²) in [5.74, 6) is 0.993. The molecule has 0 amide bonds. The number of nitrogens with one attached hydrogen (secondary N) is 1. The number of anilines is 1. The molecule has 21 heavy (non-hydrogen) atoms. The summed E-state index contributed by atoms with van der Waals surface area (Å²) >= 11 is 0. The molecule has 1 aliphatic rings. The van der Waals surface area contributed by atoms with E-state index in [1.54, 1.807) is 0 Å². The van der Waals surface area contributed by atoms with Crippen LogP contribution in [-0.2, 0) is 20.0 Å². The molecule has 114 valence electrons. The Morgan fingerprint density at radius 3 is 2.86 bits per heavy atom. The van der Waals surface area contributed by atoms with E-state index in [4.69, 9.17) is 0 Å². The van der Waals surface area contributed by atoms with Crippen LogP contribution in [0.3, 0.4) is 0 Å². The molecule has 0 saturated heterocycles. The Morgan fingerprint density at radius 2 is 2.10 bits per heavy atom. The molecular formula is C16H25N5. The van der Waals surface area contributed by atoms with E-state index in [0.717, 1.165) is 18.9 Å². The Kier molecular flexibility index (Phi) is 4.27. The van der Waals surface area contributed by atoms with Crippen LogP contribution in [0.1, 0.15) is 50.3 Å². The van der Waals surface area contributed by atoms with Gasteiger partial charge in [-0.15, -0.1) is 0 Å². The van der Waals surface area contributed by atoms with Crippen LogP contribution in [0, 0.1) is 0 Å². The van der Waals surface area contributed by atoms with Crippen LogP contribution in [0.2, 0.25) is 0 Å². The third-order valence-corrected chi connectivity index (χ3v) is 4.32. The molecule has 0 aromatic carbocycles.